The van der Waals surface area contributed by atoms with E-state index in [-0.39, 0.29) is 6.10 Å². The predicted molar refractivity (Wildman–Crippen MR) is 78.4 cm³/mol. The molecule has 0 aromatic rings. The molecule has 0 radical (unpaired) electrons. The Bertz CT molecular complexity index is 409. The number of nitrogens with one attached hydrogen (secondary N) is 1. The maximum Gasteiger partial charge on any atom is 0.408 e. The summed E-state index contributed by atoms with van der Waals surface area (Å²) in [5.41, 5.74) is -0.740. The number of hydrogen-bond donors (Lipinski definition) is 2. The highest BCUT2D eigenvalue weighted by Crippen LogP contribution is 2.20. The van der Waals surface area contributed by atoms with Crippen molar-refractivity contribution in [2.45, 2.75) is 77.0 Å². The zero-order valence-electron chi connectivity index (χ0n) is 13.4. The molecule has 1 amide bonds. The Morgan fingerprint density at radius 3 is 2.27 bits per heavy atom. The van der Waals surface area contributed by atoms with Gasteiger partial charge in [0.05, 0.1) is 6.42 Å². The zero-order valence-corrected chi connectivity index (χ0v) is 13.4. The molecule has 0 aromatic heterocycles. The number of carbonyl (C=O) groups excluding carboxylic acids is 2. The number of carboxylic acids is 1. The maximum atomic E-state index is 11.8. The van der Waals surface area contributed by atoms with Crippen molar-refractivity contribution in [1.29, 1.82) is 0 Å². The van der Waals surface area contributed by atoms with Crippen molar-refractivity contribution < 1.29 is 29.0 Å². The minimum atomic E-state index is -1.36. The molecule has 0 aliphatic heterocycles. The Morgan fingerprint density at radius 1 is 1.18 bits per heavy atom. The van der Waals surface area contributed by atoms with Crippen LogP contribution >= 0.6 is 0 Å². The molecule has 0 aromatic carbocycles. The van der Waals surface area contributed by atoms with Crippen LogP contribution in [0.2, 0.25) is 0 Å². The summed E-state index contributed by atoms with van der Waals surface area (Å²) >= 11 is 0. The Labute approximate surface area is 130 Å². The summed E-state index contributed by atoms with van der Waals surface area (Å²) < 4.78 is 10.2. The average Bonchev–Trinajstić information content (AvgIpc) is 2.36. The molecule has 0 saturated heterocycles. The molecule has 7 heteroatoms. The van der Waals surface area contributed by atoms with E-state index in [4.69, 9.17) is 14.6 Å². The molecule has 7 nitrogen and oxygen atoms in total. The molecule has 1 saturated carbocycles. The SMILES string of the molecule is CC(C)(C)OC(=O)N[C@@H](CC(=O)OC1CCCCC1)C(=O)O. The highest BCUT2D eigenvalue weighted by molar-refractivity contribution is 5.85. The highest BCUT2D eigenvalue weighted by Gasteiger charge is 2.28. The third-order valence-corrected chi connectivity index (χ3v) is 3.21. The van der Waals surface area contributed by atoms with Gasteiger partial charge < -0.3 is 19.9 Å². The molecule has 1 rings (SSSR count). The van der Waals surface area contributed by atoms with Gasteiger partial charge in [0.1, 0.15) is 17.7 Å². The van der Waals surface area contributed by atoms with Crippen molar-refractivity contribution in [3.05, 3.63) is 0 Å². The Kier molecular flexibility index (Phi) is 6.64. The van der Waals surface area contributed by atoms with Crippen LogP contribution in [-0.4, -0.2) is 40.9 Å². The largest absolute Gasteiger partial charge is 0.480 e. The molecular weight excluding hydrogens is 290 g/mol. The second kappa shape index (κ2) is 8.00. The van der Waals surface area contributed by atoms with E-state index in [0.29, 0.717) is 0 Å². The van der Waals surface area contributed by atoms with Gasteiger partial charge in [-0.15, -0.1) is 0 Å². The average molecular weight is 315 g/mol. The number of carbonyl (C=O) groups is 3. The first-order valence-corrected chi connectivity index (χ1v) is 7.59. The minimum Gasteiger partial charge on any atom is -0.480 e. The molecule has 0 spiro atoms. The van der Waals surface area contributed by atoms with Crippen LogP contribution in [0.15, 0.2) is 0 Å². The van der Waals surface area contributed by atoms with Crippen molar-refractivity contribution in [3.63, 3.8) is 0 Å². The summed E-state index contributed by atoms with van der Waals surface area (Å²) in [5.74, 6) is -1.91. The van der Waals surface area contributed by atoms with Gasteiger partial charge >= 0.3 is 18.0 Å². The third-order valence-electron chi connectivity index (χ3n) is 3.21. The third kappa shape index (κ3) is 7.28. The number of amides is 1. The van der Waals surface area contributed by atoms with Crippen molar-refractivity contribution in [2.75, 3.05) is 0 Å². The lowest BCUT2D eigenvalue weighted by Gasteiger charge is -2.24. The fraction of sp³-hybridized carbons (Fsp3) is 0.800. The van der Waals surface area contributed by atoms with E-state index in [1.165, 1.54) is 0 Å². The van der Waals surface area contributed by atoms with Crippen LogP contribution in [0, 0.1) is 0 Å². The molecule has 1 aliphatic rings. The molecule has 126 valence electrons. The summed E-state index contributed by atoms with van der Waals surface area (Å²) in [4.78, 5) is 34.6. The van der Waals surface area contributed by atoms with E-state index >= 15 is 0 Å². The number of alkyl carbamates (subject to hydrolysis) is 1. The molecule has 1 fully saturated rings. The first kappa shape index (κ1) is 18.3. The maximum absolute atomic E-state index is 11.8. The van der Waals surface area contributed by atoms with E-state index in [1.807, 2.05) is 0 Å². The van der Waals surface area contributed by atoms with Gasteiger partial charge in [-0.3, -0.25) is 4.79 Å². The minimum absolute atomic E-state index is 0.141. The fourth-order valence-corrected chi connectivity index (χ4v) is 2.23. The lowest BCUT2D eigenvalue weighted by atomic mass is 9.98. The molecule has 0 bridgehead atoms. The van der Waals surface area contributed by atoms with Crippen LogP contribution in [0.3, 0.4) is 0 Å². The smallest absolute Gasteiger partial charge is 0.408 e. The Morgan fingerprint density at radius 2 is 1.77 bits per heavy atom. The zero-order chi connectivity index (χ0) is 16.8. The summed E-state index contributed by atoms with van der Waals surface area (Å²) in [6.45, 7) is 5.00. The van der Waals surface area contributed by atoms with Gasteiger partial charge in [0.25, 0.3) is 0 Å². The Hall–Kier alpha value is -1.79. The van der Waals surface area contributed by atoms with Crippen LogP contribution in [0.25, 0.3) is 0 Å². The summed E-state index contributed by atoms with van der Waals surface area (Å²) in [7, 11) is 0. The van der Waals surface area contributed by atoms with E-state index in [9.17, 15) is 14.4 Å². The van der Waals surface area contributed by atoms with Gasteiger partial charge in [-0.05, 0) is 46.5 Å². The number of carboxylic acid groups (broad SMARTS) is 1. The van der Waals surface area contributed by atoms with Crippen molar-refractivity contribution in [3.8, 4) is 0 Å². The lowest BCUT2D eigenvalue weighted by molar-refractivity contribution is -0.154. The van der Waals surface area contributed by atoms with Gasteiger partial charge in [-0.1, -0.05) is 6.42 Å². The molecule has 1 aliphatic carbocycles. The second-order valence-corrected chi connectivity index (χ2v) is 6.49. The number of hydrogen-bond acceptors (Lipinski definition) is 5. The number of esters is 1. The monoisotopic (exact) mass is 315 g/mol. The van der Waals surface area contributed by atoms with E-state index in [0.717, 1.165) is 32.1 Å². The van der Waals surface area contributed by atoms with Gasteiger partial charge in [0.2, 0.25) is 0 Å². The van der Waals surface area contributed by atoms with Crippen LogP contribution in [0.1, 0.15) is 59.3 Å². The fourth-order valence-electron chi connectivity index (χ4n) is 2.23. The van der Waals surface area contributed by atoms with Crippen molar-refractivity contribution in [2.24, 2.45) is 0 Å². The van der Waals surface area contributed by atoms with Gasteiger partial charge in [-0.25, -0.2) is 9.59 Å². The molecule has 1 atom stereocenters. The molecule has 0 unspecified atom stereocenters. The molecule has 0 heterocycles. The first-order valence-electron chi connectivity index (χ1n) is 7.59. The van der Waals surface area contributed by atoms with E-state index in [2.05, 4.69) is 5.32 Å². The van der Waals surface area contributed by atoms with E-state index < -0.39 is 36.1 Å². The van der Waals surface area contributed by atoms with Crippen LogP contribution < -0.4 is 5.32 Å². The van der Waals surface area contributed by atoms with Gasteiger partial charge in [0.15, 0.2) is 0 Å². The molecule has 2 N–H and O–H groups in total. The van der Waals surface area contributed by atoms with Crippen molar-refractivity contribution >= 4 is 18.0 Å². The number of rotatable bonds is 5. The second-order valence-electron chi connectivity index (χ2n) is 6.49. The standard InChI is InChI=1S/C15H25NO6/c1-15(2,3)22-14(20)16-11(13(18)19)9-12(17)21-10-7-5-4-6-8-10/h10-11H,4-9H2,1-3H3,(H,16,20)(H,18,19)/t11-/m0/s1. The summed E-state index contributed by atoms with van der Waals surface area (Å²) in [6.07, 6.45) is 3.35. The Balaban J connectivity index is 2.47. The van der Waals surface area contributed by atoms with Crippen LogP contribution in [0.4, 0.5) is 4.79 Å². The first-order chi connectivity index (χ1) is 10.2. The summed E-state index contributed by atoms with van der Waals surface area (Å²) in [5, 5.41) is 11.3. The molecular formula is C15H25NO6. The quantitative estimate of drug-likeness (QED) is 0.754. The van der Waals surface area contributed by atoms with E-state index in [1.54, 1.807) is 20.8 Å². The van der Waals surface area contributed by atoms with Crippen LogP contribution in [0.5, 0.6) is 0 Å². The highest BCUT2D eigenvalue weighted by atomic mass is 16.6. The lowest BCUT2D eigenvalue weighted by Crippen LogP contribution is -2.45. The van der Waals surface area contributed by atoms with Gasteiger partial charge in [-0.2, -0.15) is 0 Å². The summed E-state index contributed by atoms with van der Waals surface area (Å²) in [6, 6.07) is -1.36. The predicted octanol–water partition coefficient (Wildman–Crippen LogP) is 2.23. The van der Waals surface area contributed by atoms with Crippen molar-refractivity contribution in [1.82, 2.24) is 5.32 Å². The number of aliphatic carboxylic acids is 1. The van der Waals surface area contributed by atoms with Gasteiger partial charge in [0, 0.05) is 0 Å². The number of ether oxygens (including phenoxy) is 2. The topological polar surface area (TPSA) is 102 Å². The molecule has 22 heavy (non-hydrogen) atoms. The normalized spacial score (nSPS) is 17.4. The van der Waals surface area contributed by atoms with Crippen LogP contribution in [-0.2, 0) is 19.1 Å².